The van der Waals surface area contributed by atoms with E-state index in [1.165, 1.54) is 51.6 Å². The molecule has 2 rings (SSSR count). The third-order valence-corrected chi connectivity index (χ3v) is 4.50. The average molecular weight is 240 g/mol. The monoisotopic (exact) mass is 240 g/mol. The molecule has 3 heteroatoms. The summed E-state index contributed by atoms with van der Waals surface area (Å²) in [5, 5.41) is 0. The Morgan fingerprint density at radius 3 is 2.71 bits per heavy atom. The Morgan fingerprint density at radius 2 is 2.00 bits per heavy atom. The zero-order chi connectivity index (χ0) is 12.1. The summed E-state index contributed by atoms with van der Waals surface area (Å²) in [6.07, 6.45) is 8.20. The van der Waals surface area contributed by atoms with Gasteiger partial charge in [-0.3, -0.25) is 0 Å². The molecule has 1 aliphatic heterocycles. The topological polar surface area (TPSA) is 38.5 Å². The Bertz CT molecular complexity index is 216. The Balaban J connectivity index is 1.69. The second-order valence-corrected chi connectivity index (χ2v) is 5.93. The van der Waals surface area contributed by atoms with Crippen LogP contribution in [0.5, 0.6) is 0 Å². The molecule has 2 aliphatic rings. The van der Waals surface area contributed by atoms with Crippen molar-refractivity contribution in [2.24, 2.45) is 17.6 Å². The van der Waals surface area contributed by atoms with Gasteiger partial charge in [0.1, 0.15) is 0 Å². The van der Waals surface area contributed by atoms with E-state index in [0.29, 0.717) is 6.04 Å². The first-order chi connectivity index (χ1) is 8.29. The fourth-order valence-corrected chi connectivity index (χ4v) is 3.46. The molecule has 0 aromatic carbocycles. The van der Waals surface area contributed by atoms with Gasteiger partial charge in [-0.1, -0.05) is 19.3 Å². The molecule has 1 heterocycles. The fourth-order valence-electron chi connectivity index (χ4n) is 3.46. The first-order valence-electron chi connectivity index (χ1n) is 7.26. The minimum atomic E-state index is 0.400. The maximum absolute atomic E-state index is 6.37. The molecule has 0 aromatic rings. The van der Waals surface area contributed by atoms with Gasteiger partial charge in [-0.15, -0.1) is 0 Å². The molecule has 1 saturated heterocycles. The molecule has 2 atom stereocenters. The van der Waals surface area contributed by atoms with Crippen molar-refractivity contribution in [2.45, 2.75) is 44.6 Å². The number of hydrogen-bond acceptors (Lipinski definition) is 3. The van der Waals surface area contributed by atoms with Crippen molar-refractivity contribution in [3.63, 3.8) is 0 Å². The molecule has 0 spiro atoms. The van der Waals surface area contributed by atoms with Crippen LogP contribution in [0, 0.1) is 11.8 Å². The van der Waals surface area contributed by atoms with Crippen molar-refractivity contribution in [3.05, 3.63) is 0 Å². The first-order valence-corrected chi connectivity index (χ1v) is 7.26. The Kier molecular flexibility index (Phi) is 5.26. The molecule has 1 saturated carbocycles. The van der Waals surface area contributed by atoms with E-state index in [1.807, 2.05) is 0 Å². The number of nitrogens with zero attached hydrogens (tertiary/aromatic N) is 1. The minimum absolute atomic E-state index is 0.400. The number of methoxy groups -OCH3 is 1. The van der Waals surface area contributed by atoms with E-state index in [0.717, 1.165) is 25.0 Å². The molecule has 0 aromatic heterocycles. The summed E-state index contributed by atoms with van der Waals surface area (Å²) < 4.78 is 5.24. The largest absolute Gasteiger partial charge is 0.384 e. The van der Waals surface area contributed by atoms with Crippen LogP contribution in [0.15, 0.2) is 0 Å². The highest BCUT2D eigenvalue weighted by atomic mass is 16.5. The van der Waals surface area contributed by atoms with Crippen molar-refractivity contribution in [2.75, 3.05) is 33.4 Å². The number of likely N-dealkylation sites (tertiary alicyclic amines) is 1. The van der Waals surface area contributed by atoms with Crippen molar-refractivity contribution in [1.82, 2.24) is 4.90 Å². The van der Waals surface area contributed by atoms with Gasteiger partial charge in [0, 0.05) is 26.2 Å². The maximum atomic E-state index is 6.37. The predicted molar refractivity (Wildman–Crippen MR) is 71.0 cm³/mol. The Labute approximate surface area is 106 Å². The second kappa shape index (κ2) is 6.72. The fraction of sp³-hybridized carbons (Fsp3) is 1.00. The van der Waals surface area contributed by atoms with Crippen LogP contribution in [0.1, 0.15) is 38.5 Å². The van der Waals surface area contributed by atoms with E-state index in [1.54, 1.807) is 7.11 Å². The molecule has 100 valence electrons. The molecule has 2 N–H and O–H groups in total. The zero-order valence-corrected chi connectivity index (χ0v) is 11.2. The lowest BCUT2D eigenvalue weighted by atomic mass is 9.84. The van der Waals surface area contributed by atoms with Gasteiger partial charge in [0.05, 0.1) is 6.61 Å². The predicted octanol–water partition coefficient (Wildman–Crippen LogP) is 1.86. The summed E-state index contributed by atoms with van der Waals surface area (Å²) in [5.74, 6) is 1.52. The summed E-state index contributed by atoms with van der Waals surface area (Å²) in [4.78, 5) is 2.54. The van der Waals surface area contributed by atoms with E-state index >= 15 is 0 Å². The van der Waals surface area contributed by atoms with Gasteiger partial charge >= 0.3 is 0 Å². The van der Waals surface area contributed by atoms with Crippen LogP contribution in [-0.4, -0.2) is 44.3 Å². The molecule has 2 unspecified atom stereocenters. The van der Waals surface area contributed by atoms with E-state index < -0.39 is 0 Å². The van der Waals surface area contributed by atoms with Gasteiger partial charge < -0.3 is 15.4 Å². The summed E-state index contributed by atoms with van der Waals surface area (Å²) >= 11 is 0. The quantitative estimate of drug-likeness (QED) is 0.797. The van der Waals surface area contributed by atoms with Gasteiger partial charge in [0.2, 0.25) is 0 Å². The molecule has 3 nitrogen and oxygen atoms in total. The molecular formula is C14H28N2O. The molecule has 1 aliphatic carbocycles. The maximum Gasteiger partial charge on any atom is 0.0503 e. The van der Waals surface area contributed by atoms with Crippen LogP contribution < -0.4 is 5.73 Å². The summed E-state index contributed by atoms with van der Waals surface area (Å²) in [6.45, 7) is 4.42. The molecule has 2 fully saturated rings. The lowest BCUT2D eigenvalue weighted by Gasteiger charge is -2.30. The Hall–Kier alpha value is -0.120. The number of hydrogen-bond donors (Lipinski definition) is 1. The van der Waals surface area contributed by atoms with Crippen LogP contribution in [0.2, 0.25) is 0 Å². The Morgan fingerprint density at radius 1 is 1.24 bits per heavy atom. The number of ether oxygens (including phenoxy) is 1. The molecular weight excluding hydrogens is 212 g/mol. The molecule has 0 bridgehead atoms. The van der Waals surface area contributed by atoms with E-state index in [9.17, 15) is 0 Å². The van der Waals surface area contributed by atoms with Crippen molar-refractivity contribution >= 4 is 0 Å². The smallest absolute Gasteiger partial charge is 0.0503 e. The zero-order valence-electron chi connectivity index (χ0n) is 11.2. The normalized spacial score (nSPS) is 29.6. The SMILES string of the molecule is COCC1CCN(CC(N)C2CCCCC2)C1. The van der Waals surface area contributed by atoms with Crippen LogP contribution in [0.25, 0.3) is 0 Å². The second-order valence-electron chi connectivity index (χ2n) is 5.93. The molecule has 0 radical (unpaired) electrons. The van der Waals surface area contributed by atoms with Crippen LogP contribution in [-0.2, 0) is 4.74 Å². The molecule has 17 heavy (non-hydrogen) atoms. The van der Waals surface area contributed by atoms with Crippen LogP contribution in [0.4, 0.5) is 0 Å². The van der Waals surface area contributed by atoms with Gasteiger partial charge in [-0.05, 0) is 37.6 Å². The van der Waals surface area contributed by atoms with Gasteiger partial charge in [-0.25, -0.2) is 0 Å². The lowest BCUT2D eigenvalue weighted by molar-refractivity contribution is 0.150. The van der Waals surface area contributed by atoms with Gasteiger partial charge in [0.15, 0.2) is 0 Å². The highest BCUT2D eigenvalue weighted by molar-refractivity contribution is 4.83. The van der Waals surface area contributed by atoms with Crippen molar-refractivity contribution < 1.29 is 4.74 Å². The highest BCUT2D eigenvalue weighted by Gasteiger charge is 2.27. The standard InChI is InChI=1S/C14H28N2O/c1-17-11-12-7-8-16(9-12)10-14(15)13-5-3-2-4-6-13/h12-14H,2-11,15H2,1H3. The van der Waals surface area contributed by atoms with E-state index in [4.69, 9.17) is 10.5 Å². The van der Waals surface area contributed by atoms with E-state index in [-0.39, 0.29) is 0 Å². The summed E-state index contributed by atoms with van der Waals surface area (Å²) in [6, 6.07) is 0.400. The number of rotatable bonds is 5. The summed E-state index contributed by atoms with van der Waals surface area (Å²) in [7, 11) is 1.80. The van der Waals surface area contributed by atoms with Gasteiger partial charge in [-0.2, -0.15) is 0 Å². The van der Waals surface area contributed by atoms with Crippen LogP contribution >= 0.6 is 0 Å². The van der Waals surface area contributed by atoms with Crippen molar-refractivity contribution in [1.29, 1.82) is 0 Å². The van der Waals surface area contributed by atoms with Gasteiger partial charge in [0.25, 0.3) is 0 Å². The van der Waals surface area contributed by atoms with Crippen LogP contribution in [0.3, 0.4) is 0 Å². The minimum Gasteiger partial charge on any atom is -0.384 e. The molecule has 0 amide bonds. The van der Waals surface area contributed by atoms with Crippen molar-refractivity contribution in [3.8, 4) is 0 Å². The third kappa shape index (κ3) is 3.94. The highest BCUT2D eigenvalue weighted by Crippen LogP contribution is 2.27. The summed E-state index contributed by atoms with van der Waals surface area (Å²) in [5.41, 5.74) is 6.37. The van der Waals surface area contributed by atoms with E-state index in [2.05, 4.69) is 4.90 Å². The lowest BCUT2D eigenvalue weighted by Crippen LogP contribution is -2.42. The third-order valence-electron chi connectivity index (χ3n) is 4.50. The average Bonchev–Trinajstić information content (AvgIpc) is 2.78. The number of nitrogens with two attached hydrogens (primary N) is 1. The first kappa shape index (κ1) is 13.3.